The first-order valence-corrected chi connectivity index (χ1v) is 9.26. The number of rotatable bonds is 6. The molecule has 8 heteroatoms. The summed E-state index contributed by atoms with van der Waals surface area (Å²) in [7, 11) is 0. The Hall–Kier alpha value is -3.71. The fourth-order valence-electron chi connectivity index (χ4n) is 2.42. The number of amides is 2. The van der Waals surface area contributed by atoms with Crippen LogP contribution in [-0.2, 0) is 16.2 Å². The molecule has 2 amide bonds. The zero-order valence-electron chi connectivity index (χ0n) is 15.6. The van der Waals surface area contributed by atoms with Gasteiger partial charge in [-0.2, -0.15) is 5.10 Å². The summed E-state index contributed by atoms with van der Waals surface area (Å²) < 4.78 is 19.2. The summed E-state index contributed by atoms with van der Waals surface area (Å²) in [6.45, 7) is 0.299. The van der Waals surface area contributed by atoms with Crippen molar-refractivity contribution in [3.05, 3.63) is 94.8 Å². The van der Waals surface area contributed by atoms with E-state index in [0.717, 1.165) is 5.56 Å². The molecule has 2 N–H and O–H groups in total. The second-order valence-corrected chi connectivity index (χ2v) is 6.49. The van der Waals surface area contributed by atoms with Crippen molar-refractivity contribution in [3.63, 3.8) is 0 Å². The molecule has 0 saturated heterocycles. The third kappa shape index (κ3) is 5.89. The molecular formula is C22H17ClFN3O3. The first kappa shape index (κ1) is 21.0. The van der Waals surface area contributed by atoms with Crippen LogP contribution in [0, 0.1) is 5.82 Å². The van der Waals surface area contributed by atoms with Crippen molar-refractivity contribution in [2.45, 2.75) is 6.61 Å². The van der Waals surface area contributed by atoms with E-state index in [1.807, 2.05) is 18.2 Å². The molecule has 30 heavy (non-hydrogen) atoms. The number of para-hydroxylation sites is 1. The standard InChI is InChI=1S/C22H17ClFN3O3/c23-18-9-2-1-7-16(18)14-30-17-8-5-6-15(12-17)13-25-27-22(29)21(28)26-20-11-4-3-10-19(20)24/h1-13H,14H2,(H,26,28)(H,27,29)/b25-13+. The number of anilines is 1. The minimum Gasteiger partial charge on any atom is -0.489 e. The van der Waals surface area contributed by atoms with E-state index in [0.29, 0.717) is 22.9 Å². The van der Waals surface area contributed by atoms with Gasteiger partial charge in [-0.15, -0.1) is 0 Å². The van der Waals surface area contributed by atoms with Gasteiger partial charge in [0.1, 0.15) is 18.2 Å². The van der Waals surface area contributed by atoms with Crippen LogP contribution in [0.4, 0.5) is 10.1 Å². The summed E-state index contributed by atoms with van der Waals surface area (Å²) in [5.74, 6) is -2.12. The second-order valence-electron chi connectivity index (χ2n) is 6.09. The van der Waals surface area contributed by atoms with Gasteiger partial charge in [-0.25, -0.2) is 9.82 Å². The van der Waals surface area contributed by atoms with E-state index < -0.39 is 17.6 Å². The van der Waals surface area contributed by atoms with Crippen LogP contribution in [0.15, 0.2) is 77.9 Å². The minimum absolute atomic E-state index is 0.0926. The predicted octanol–water partition coefficient (Wildman–Crippen LogP) is 4.15. The van der Waals surface area contributed by atoms with E-state index in [4.69, 9.17) is 16.3 Å². The molecule has 0 aliphatic carbocycles. The van der Waals surface area contributed by atoms with Gasteiger partial charge in [0.15, 0.2) is 0 Å². The molecule has 0 spiro atoms. The number of nitrogens with one attached hydrogen (secondary N) is 2. The SMILES string of the molecule is O=C(N/N=C/c1cccc(OCc2ccccc2Cl)c1)C(=O)Nc1ccccc1F. The zero-order chi connectivity index (χ0) is 21.3. The van der Waals surface area contributed by atoms with Crippen molar-refractivity contribution in [2.24, 2.45) is 5.10 Å². The highest BCUT2D eigenvalue weighted by atomic mass is 35.5. The maximum Gasteiger partial charge on any atom is 0.329 e. The number of halogens is 2. The van der Waals surface area contributed by atoms with Crippen LogP contribution in [0.3, 0.4) is 0 Å². The van der Waals surface area contributed by atoms with Crippen molar-refractivity contribution >= 4 is 35.3 Å². The molecular weight excluding hydrogens is 409 g/mol. The molecule has 0 radical (unpaired) electrons. The number of nitrogens with zero attached hydrogens (tertiary/aromatic N) is 1. The van der Waals surface area contributed by atoms with E-state index >= 15 is 0 Å². The Kier molecular flexibility index (Phi) is 7.13. The van der Waals surface area contributed by atoms with Crippen molar-refractivity contribution in [2.75, 3.05) is 5.32 Å². The van der Waals surface area contributed by atoms with Crippen LogP contribution in [-0.4, -0.2) is 18.0 Å². The number of ether oxygens (including phenoxy) is 1. The number of carbonyl (C=O) groups is 2. The maximum absolute atomic E-state index is 13.5. The van der Waals surface area contributed by atoms with Gasteiger partial charge in [-0.3, -0.25) is 9.59 Å². The van der Waals surface area contributed by atoms with Gasteiger partial charge in [0.05, 0.1) is 11.9 Å². The van der Waals surface area contributed by atoms with Gasteiger partial charge >= 0.3 is 11.8 Å². The molecule has 3 aromatic carbocycles. The summed E-state index contributed by atoms with van der Waals surface area (Å²) in [5, 5.41) is 6.54. The highest BCUT2D eigenvalue weighted by molar-refractivity contribution is 6.39. The lowest BCUT2D eigenvalue weighted by Crippen LogP contribution is -2.32. The summed E-state index contributed by atoms with van der Waals surface area (Å²) in [6.07, 6.45) is 1.36. The predicted molar refractivity (Wildman–Crippen MR) is 113 cm³/mol. The van der Waals surface area contributed by atoms with Gasteiger partial charge in [-0.1, -0.05) is 54.1 Å². The lowest BCUT2D eigenvalue weighted by atomic mass is 10.2. The third-order valence-electron chi connectivity index (χ3n) is 3.92. The lowest BCUT2D eigenvalue weighted by molar-refractivity contribution is -0.136. The van der Waals surface area contributed by atoms with Gasteiger partial charge < -0.3 is 10.1 Å². The number of benzene rings is 3. The maximum atomic E-state index is 13.5. The molecule has 0 bridgehead atoms. The fraction of sp³-hybridized carbons (Fsp3) is 0.0455. The number of hydrogen-bond donors (Lipinski definition) is 2. The van der Waals surface area contributed by atoms with Crippen molar-refractivity contribution in [3.8, 4) is 5.75 Å². The topological polar surface area (TPSA) is 79.8 Å². The van der Waals surface area contributed by atoms with Crippen LogP contribution in [0.1, 0.15) is 11.1 Å². The van der Waals surface area contributed by atoms with Crippen molar-refractivity contribution in [1.82, 2.24) is 5.43 Å². The molecule has 6 nitrogen and oxygen atoms in total. The molecule has 0 aliphatic rings. The normalized spacial score (nSPS) is 10.6. The summed E-state index contributed by atoms with van der Waals surface area (Å²) >= 11 is 6.11. The van der Waals surface area contributed by atoms with Gasteiger partial charge in [0.2, 0.25) is 0 Å². The Morgan fingerprint density at radius 1 is 1.00 bits per heavy atom. The highest BCUT2D eigenvalue weighted by Crippen LogP contribution is 2.19. The largest absolute Gasteiger partial charge is 0.489 e. The van der Waals surface area contributed by atoms with Crippen molar-refractivity contribution in [1.29, 1.82) is 0 Å². The van der Waals surface area contributed by atoms with E-state index in [-0.39, 0.29) is 5.69 Å². The van der Waals surface area contributed by atoms with E-state index in [9.17, 15) is 14.0 Å². The first-order chi connectivity index (χ1) is 14.5. The summed E-state index contributed by atoms with van der Waals surface area (Å²) in [6, 6.07) is 19.9. The van der Waals surface area contributed by atoms with Crippen LogP contribution in [0.25, 0.3) is 0 Å². The van der Waals surface area contributed by atoms with Gasteiger partial charge in [0, 0.05) is 10.6 Å². The fourth-order valence-corrected chi connectivity index (χ4v) is 2.61. The molecule has 152 valence electrons. The molecule has 0 aliphatic heterocycles. The molecule has 0 unspecified atom stereocenters. The monoisotopic (exact) mass is 425 g/mol. The Labute approximate surface area is 177 Å². The van der Waals surface area contributed by atoms with Crippen LogP contribution in [0.2, 0.25) is 5.02 Å². The van der Waals surface area contributed by atoms with Gasteiger partial charge in [-0.05, 0) is 35.9 Å². The molecule has 0 aromatic heterocycles. The van der Waals surface area contributed by atoms with Crippen molar-refractivity contribution < 1.29 is 18.7 Å². The number of carbonyl (C=O) groups excluding carboxylic acids is 2. The number of hydrogen-bond acceptors (Lipinski definition) is 4. The lowest BCUT2D eigenvalue weighted by Gasteiger charge is -2.08. The molecule has 0 heterocycles. The molecule has 0 atom stereocenters. The minimum atomic E-state index is -1.03. The van der Waals surface area contributed by atoms with Gasteiger partial charge in [0.25, 0.3) is 0 Å². The quantitative estimate of drug-likeness (QED) is 0.354. The second kappa shape index (κ2) is 10.2. The van der Waals surface area contributed by atoms with Crippen LogP contribution in [0.5, 0.6) is 5.75 Å². The van der Waals surface area contributed by atoms with Crippen LogP contribution < -0.4 is 15.5 Å². The number of hydrazone groups is 1. The third-order valence-corrected chi connectivity index (χ3v) is 4.29. The van der Waals surface area contributed by atoms with Crippen LogP contribution >= 0.6 is 11.6 Å². The average molecular weight is 426 g/mol. The first-order valence-electron chi connectivity index (χ1n) is 8.88. The Balaban J connectivity index is 1.54. The zero-order valence-corrected chi connectivity index (χ0v) is 16.4. The molecule has 3 aromatic rings. The molecule has 3 rings (SSSR count). The Morgan fingerprint density at radius 3 is 2.57 bits per heavy atom. The highest BCUT2D eigenvalue weighted by Gasteiger charge is 2.14. The van der Waals surface area contributed by atoms with E-state index in [1.165, 1.54) is 30.5 Å². The molecule has 0 saturated carbocycles. The Bertz CT molecular complexity index is 1090. The molecule has 0 fully saturated rings. The Morgan fingerprint density at radius 2 is 1.77 bits per heavy atom. The van der Waals surface area contributed by atoms with E-state index in [2.05, 4.69) is 15.8 Å². The van der Waals surface area contributed by atoms with E-state index in [1.54, 1.807) is 30.3 Å². The summed E-state index contributed by atoms with van der Waals surface area (Å²) in [5.41, 5.74) is 3.49. The summed E-state index contributed by atoms with van der Waals surface area (Å²) in [4.78, 5) is 23.6. The smallest absolute Gasteiger partial charge is 0.329 e. The average Bonchev–Trinajstić information content (AvgIpc) is 2.75.